The smallest absolute Gasteiger partial charge is 0.311 e. The molecule has 29 heavy (non-hydrogen) atoms. The Balaban J connectivity index is -0.0000000367. The number of carbonyl (C=O) groups is 1. The van der Waals surface area contributed by atoms with E-state index in [1.807, 2.05) is 41.5 Å². The number of allylic oxidation sites excluding steroid dienone is 1. The zero-order valence-corrected chi connectivity index (χ0v) is 15.9. The zero-order chi connectivity index (χ0) is 18.7. The van der Waals surface area contributed by atoms with E-state index in [1.165, 1.54) is 0 Å². The van der Waals surface area contributed by atoms with Crippen molar-refractivity contribution in [3.8, 4) is 0 Å². The summed E-state index contributed by atoms with van der Waals surface area (Å²) >= 11 is 0. The molecule has 0 radical (unpaired) electrons. The SMILES string of the molecule is C.C.C.C.C.C.C=C(O)C(C)(C)CC.CC1CO1.CCC(C)(C)C(=O)OCCO. The first-order valence-corrected chi connectivity index (χ1v) is 8.22. The molecule has 0 bridgehead atoms. The first-order chi connectivity index (χ1) is 10.4. The lowest BCUT2D eigenvalue weighted by atomic mass is 9.89. The highest BCUT2D eigenvalue weighted by Crippen LogP contribution is 2.25. The van der Waals surface area contributed by atoms with E-state index in [1.54, 1.807) is 0 Å². The summed E-state index contributed by atoms with van der Waals surface area (Å²) in [4.78, 5) is 11.1. The summed E-state index contributed by atoms with van der Waals surface area (Å²) in [7, 11) is 0. The molecule has 1 aliphatic heterocycles. The molecule has 1 saturated heterocycles. The van der Waals surface area contributed by atoms with Gasteiger partial charge in [0.1, 0.15) is 6.61 Å². The molecule has 0 aromatic carbocycles. The maximum absolute atomic E-state index is 11.1. The van der Waals surface area contributed by atoms with Crippen LogP contribution in [0.3, 0.4) is 0 Å². The van der Waals surface area contributed by atoms with Crippen LogP contribution in [0.2, 0.25) is 0 Å². The van der Waals surface area contributed by atoms with Gasteiger partial charge in [-0.05, 0) is 33.6 Å². The number of hydrogen-bond donors (Lipinski definition) is 2. The highest BCUT2D eigenvalue weighted by atomic mass is 16.6. The zero-order valence-electron chi connectivity index (χ0n) is 15.9. The van der Waals surface area contributed by atoms with Crippen molar-refractivity contribution in [2.75, 3.05) is 19.8 Å². The van der Waals surface area contributed by atoms with Crippen LogP contribution in [0.4, 0.5) is 0 Å². The predicted octanol–water partition coefficient (Wildman–Crippen LogP) is 7.67. The highest BCUT2D eigenvalue weighted by molar-refractivity contribution is 5.75. The van der Waals surface area contributed by atoms with Crippen molar-refractivity contribution in [2.45, 2.75) is 112 Å². The Kier molecular flexibility index (Phi) is 43.9. The standard InChI is InChI=1S/C8H16O3.C7H14O.C3H6O.6CH4/c1-4-8(2,3)7(10)11-6-5-9;1-5-7(3,4)6(2)8;1-3-2-4-3;;;;;;/h9H,4-6H2,1-3H3;8H,2,5H2,1,3-4H3;3H,2H2,1H3;6*1H4. The van der Waals surface area contributed by atoms with Crippen LogP contribution in [-0.2, 0) is 14.3 Å². The van der Waals surface area contributed by atoms with E-state index < -0.39 is 5.41 Å². The minimum atomic E-state index is -0.421. The lowest BCUT2D eigenvalue weighted by molar-refractivity contribution is -0.155. The van der Waals surface area contributed by atoms with Gasteiger partial charge in [0, 0.05) is 5.41 Å². The van der Waals surface area contributed by atoms with Gasteiger partial charge >= 0.3 is 5.97 Å². The lowest BCUT2D eigenvalue weighted by Crippen LogP contribution is -2.26. The van der Waals surface area contributed by atoms with Gasteiger partial charge in [0.15, 0.2) is 0 Å². The van der Waals surface area contributed by atoms with Crippen LogP contribution >= 0.6 is 0 Å². The van der Waals surface area contributed by atoms with E-state index in [9.17, 15) is 4.79 Å². The Morgan fingerprint density at radius 1 is 1.00 bits per heavy atom. The molecule has 186 valence electrons. The van der Waals surface area contributed by atoms with Crippen LogP contribution in [0, 0.1) is 10.8 Å². The van der Waals surface area contributed by atoms with Crippen molar-refractivity contribution in [3.63, 3.8) is 0 Å². The Bertz CT molecular complexity index is 345. The minimum Gasteiger partial charge on any atom is -0.512 e. The number of ether oxygens (including phenoxy) is 2. The molecule has 0 amide bonds. The minimum absolute atomic E-state index is 0. The van der Waals surface area contributed by atoms with Gasteiger partial charge in [0.25, 0.3) is 0 Å². The molecule has 0 spiro atoms. The Morgan fingerprint density at radius 2 is 1.31 bits per heavy atom. The van der Waals surface area contributed by atoms with Crippen LogP contribution in [-0.4, -0.2) is 42.1 Å². The van der Waals surface area contributed by atoms with Crippen LogP contribution in [0.5, 0.6) is 0 Å². The quantitative estimate of drug-likeness (QED) is 0.258. The van der Waals surface area contributed by atoms with E-state index in [0.29, 0.717) is 6.10 Å². The monoisotopic (exact) mass is 428 g/mol. The molecule has 5 heteroatoms. The molecule has 1 rings (SSSR count). The van der Waals surface area contributed by atoms with Gasteiger partial charge in [-0.1, -0.05) is 78.8 Å². The Labute approximate surface area is 185 Å². The van der Waals surface area contributed by atoms with E-state index in [0.717, 1.165) is 19.4 Å². The van der Waals surface area contributed by atoms with Crippen molar-refractivity contribution in [1.82, 2.24) is 0 Å². The molecule has 5 nitrogen and oxygen atoms in total. The summed E-state index contributed by atoms with van der Waals surface area (Å²) < 4.78 is 9.47. The van der Waals surface area contributed by atoms with Gasteiger partial charge in [0.05, 0.1) is 30.5 Å². The van der Waals surface area contributed by atoms with Crippen LogP contribution in [0.25, 0.3) is 0 Å². The molecular formula is C24H60O5. The first-order valence-electron chi connectivity index (χ1n) is 8.22. The predicted molar refractivity (Wildman–Crippen MR) is 134 cm³/mol. The second-order valence-electron chi connectivity index (χ2n) is 6.93. The Morgan fingerprint density at radius 3 is 1.45 bits per heavy atom. The maximum Gasteiger partial charge on any atom is 0.311 e. The fourth-order valence-electron chi connectivity index (χ4n) is 0.778. The largest absolute Gasteiger partial charge is 0.512 e. The van der Waals surface area contributed by atoms with Crippen LogP contribution in [0.15, 0.2) is 12.3 Å². The average molecular weight is 429 g/mol. The maximum atomic E-state index is 11.1. The summed E-state index contributed by atoms with van der Waals surface area (Å²) in [5, 5.41) is 17.3. The van der Waals surface area contributed by atoms with E-state index in [2.05, 4.69) is 13.5 Å². The average Bonchev–Trinajstić information content (AvgIpc) is 3.28. The molecule has 1 heterocycles. The van der Waals surface area contributed by atoms with Crippen molar-refractivity contribution >= 4 is 5.97 Å². The van der Waals surface area contributed by atoms with Crippen molar-refractivity contribution in [1.29, 1.82) is 0 Å². The summed E-state index contributed by atoms with van der Waals surface area (Å²) in [6, 6.07) is 0. The molecule has 0 aromatic rings. The summed E-state index contributed by atoms with van der Waals surface area (Å²) in [5.41, 5.74) is -0.519. The summed E-state index contributed by atoms with van der Waals surface area (Å²) in [6.45, 7) is 18.0. The van der Waals surface area contributed by atoms with E-state index in [-0.39, 0.29) is 74.9 Å². The van der Waals surface area contributed by atoms with Gasteiger partial charge in [-0.3, -0.25) is 4.79 Å². The van der Waals surface area contributed by atoms with Crippen molar-refractivity contribution < 1.29 is 24.5 Å². The second kappa shape index (κ2) is 25.0. The third kappa shape index (κ3) is 29.2. The fraction of sp³-hybridized carbons (Fsp3) is 0.875. The Hall–Kier alpha value is -1.07. The van der Waals surface area contributed by atoms with Crippen molar-refractivity contribution in [2.24, 2.45) is 10.8 Å². The number of hydrogen-bond acceptors (Lipinski definition) is 5. The number of aliphatic hydroxyl groups excluding tert-OH is 2. The van der Waals surface area contributed by atoms with Gasteiger partial charge in [0.2, 0.25) is 0 Å². The molecule has 1 fully saturated rings. The third-order valence-electron chi connectivity index (χ3n) is 3.93. The van der Waals surface area contributed by atoms with Crippen molar-refractivity contribution in [3.05, 3.63) is 12.3 Å². The third-order valence-corrected chi connectivity index (χ3v) is 3.93. The molecule has 2 N–H and O–H groups in total. The topological polar surface area (TPSA) is 79.3 Å². The van der Waals surface area contributed by atoms with Crippen LogP contribution in [0.1, 0.15) is 106 Å². The number of epoxide rings is 1. The first kappa shape index (κ1) is 51.0. The molecule has 1 aliphatic rings. The number of aliphatic hydroxyl groups is 2. The van der Waals surface area contributed by atoms with Gasteiger partial charge in [-0.25, -0.2) is 0 Å². The molecule has 0 saturated carbocycles. The number of carbonyl (C=O) groups excluding carboxylic acids is 1. The molecule has 1 unspecified atom stereocenters. The lowest BCUT2D eigenvalue weighted by Gasteiger charge is -2.19. The number of rotatable bonds is 6. The van der Waals surface area contributed by atoms with Gasteiger partial charge in [-0.2, -0.15) is 0 Å². The molecule has 0 aromatic heterocycles. The fourth-order valence-corrected chi connectivity index (χ4v) is 0.778. The van der Waals surface area contributed by atoms with Crippen LogP contribution < -0.4 is 0 Å². The highest BCUT2D eigenvalue weighted by Gasteiger charge is 2.26. The van der Waals surface area contributed by atoms with E-state index in [4.69, 9.17) is 19.7 Å². The molecular weight excluding hydrogens is 368 g/mol. The van der Waals surface area contributed by atoms with Gasteiger partial charge in [-0.15, -0.1) is 0 Å². The van der Waals surface area contributed by atoms with Gasteiger partial charge < -0.3 is 19.7 Å². The number of esters is 1. The summed E-state index contributed by atoms with van der Waals surface area (Å²) in [6.07, 6.45) is 2.26. The molecule has 0 aliphatic carbocycles. The summed E-state index contributed by atoms with van der Waals surface area (Å²) in [5.74, 6) is 0.0362. The second-order valence-corrected chi connectivity index (χ2v) is 6.93. The van der Waals surface area contributed by atoms with E-state index >= 15 is 0 Å². The normalized spacial score (nSPS) is 12.9. The molecule has 1 atom stereocenters.